The molecule has 0 saturated carbocycles. The highest BCUT2D eigenvalue weighted by molar-refractivity contribution is 7.56. The molecule has 2 heterocycles. The van der Waals surface area contributed by atoms with Crippen LogP contribution in [0.5, 0.6) is 0 Å². The van der Waals surface area contributed by atoms with Crippen LogP contribution in [0, 0.1) is 0 Å². The van der Waals surface area contributed by atoms with Gasteiger partial charge in [-0.15, -0.1) is 4.83 Å². The molecule has 0 radical (unpaired) electrons. The SMILES string of the molecule is CCOP(=O)(CCCCCCNC(=O)Nc1ccncc1)N1CCCCO1. The molecule has 27 heavy (non-hydrogen) atoms. The van der Waals surface area contributed by atoms with Gasteiger partial charge in [0, 0.05) is 37.3 Å². The smallest absolute Gasteiger partial charge is 0.319 e. The Labute approximate surface area is 161 Å². The van der Waals surface area contributed by atoms with Crippen LogP contribution in [0.3, 0.4) is 0 Å². The number of anilines is 1. The molecule has 2 amide bonds. The topological polar surface area (TPSA) is 92.8 Å². The maximum absolute atomic E-state index is 13.0. The number of urea groups is 1. The average molecular weight is 398 g/mol. The first kappa shape index (κ1) is 21.8. The van der Waals surface area contributed by atoms with Crippen molar-refractivity contribution in [1.82, 2.24) is 15.1 Å². The predicted octanol–water partition coefficient (Wildman–Crippen LogP) is 4.02. The van der Waals surface area contributed by atoms with Crippen LogP contribution in [-0.4, -0.2) is 48.3 Å². The van der Waals surface area contributed by atoms with Crippen molar-refractivity contribution in [3.63, 3.8) is 0 Å². The van der Waals surface area contributed by atoms with Gasteiger partial charge < -0.3 is 15.2 Å². The van der Waals surface area contributed by atoms with Gasteiger partial charge in [-0.2, -0.15) is 0 Å². The first-order valence-electron chi connectivity index (χ1n) is 9.73. The second-order valence-corrected chi connectivity index (χ2v) is 8.85. The molecule has 2 N–H and O–H groups in total. The van der Waals surface area contributed by atoms with Crippen molar-refractivity contribution in [3.05, 3.63) is 24.5 Å². The summed E-state index contributed by atoms with van der Waals surface area (Å²) in [4.78, 5) is 22.8. The Morgan fingerprint density at radius 2 is 2.04 bits per heavy atom. The number of nitrogens with one attached hydrogen (secondary N) is 2. The molecule has 1 saturated heterocycles. The maximum Gasteiger partial charge on any atom is 0.319 e. The molecular formula is C18H31N4O4P. The van der Waals surface area contributed by atoms with Gasteiger partial charge in [-0.3, -0.25) is 14.4 Å². The number of nitrogens with zero attached hydrogens (tertiary/aromatic N) is 2. The third-order valence-electron chi connectivity index (χ3n) is 4.25. The largest absolute Gasteiger partial charge is 0.338 e. The fraction of sp³-hybridized carbons (Fsp3) is 0.667. The Kier molecular flexibility index (Phi) is 9.77. The molecule has 1 aromatic heterocycles. The summed E-state index contributed by atoms with van der Waals surface area (Å²) < 4.78 is 18.6. The van der Waals surface area contributed by atoms with Crippen LogP contribution < -0.4 is 10.6 Å². The molecule has 0 bridgehead atoms. The van der Waals surface area contributed by atoms with Gasteiger partial charge in [0.25, 0.3) is 7.52 Å². The molecule has 1 atom stereocenters. The van der Waals surface area contributed by atoms with Crippen molar-refractivity contribution >= 4 is 19.2 Å². The molecule has 1 aliphatic heterocycles. The summed E-state index contributed by atoms with van der Waals surface area (Å²) in [7, 11) is -2.88. The van der Waals surface area contributed by atoms with E-state index in [1.807, 2.05) is 6.92 Å². The molecule has 0 aliphatic carbocycles. The summed E-state index contributed by atoms with van der Waals surface area (Å²) in [5, 5.41) is 5.58. The molecule has 2 rings (SSSR count). The summed E-state index contributed by atoms with van der Waals surface area (Å²) in [5.41, 5.74) is 0.717. The fourth-order valence-electron chi connectivity index (χ4n) is 2.87. The standard InChI is InChI=1S/C18H31N4O4P/c1-2-26-27(24,22-14-6-7-15-25-22)16-8-4-3-5-11-20-18(23)21-17-9-12-19-13-10-17/h9-10,12-13H,2-8,11,14-16H2,1H3,(H2,19,20,21,23). The second-order valence-electron chi connectivity index (χ2n) is 6.43. The lowest BCUT2D eigenvalue weighted by molar-refractivity contribution is -0.120. The van der Waals surface area contributed by atoms with E-state index in [-0.39, 0.29) is 6.03 Å². The quantitative estimate of drug-likeness (QED) is 0.432. The average Bonchev–Trinajstić information content (AvgIpc) is 2.69. The van der Waals surface area contributed by atoms with Crippen molar-refractivity contribution in [2.45, 2.75) is 45.4 Å². The van der Waals surface area contributed by atoms with Crippen molar-refractivity contribution in [1.29, 1.82) is 0 Å². The third-order valence-corrected chi connectivity index (χ3v) is 6.78. The zero-order valence-corrected chi connectivity index (χ0v) is 17.0. The highest BCUT2D eigenvalue weighted by Gasteiger charge is 2.33. The molecular weight excluding hydrogens is 367 g/mol. The highest BCUT2D eigenvalue weighted by Crippen LogP contribution is 2.52. The minimum Gasteiger partial charge on any atom is -0.338 e. The summed E-state index contributed by atoms with van der Waals surface area (Å²) in [5.74, 6) is 0. The Morgan fingerprint density at radius 1 is 1.26 bits per heavy atom. The van der Waals surface area contributed by atoms with E-state index in [0.29, 0.717) is 38.2 Å². The monoisotopic (exact) mass is 398 g/mol. The Balaban J connectivity index is 1.57. The van der Waals surface area contributed by atoms with E-state index in [2.05, 4.69) is 15.6 Å². The Morgan fingerprint density at radius 3 is 2.74 bits per heavy atom. The van der Waals surface area contributed by atoms with Gasteiger partial charge in [0.1, 0.15) is 0 Å². The fourth-order valence-corrected chi connectivity index (χ4v) is 5.08. The Bertz CT molecular complexity index is 596. The highest BCUT2D eigenvalue weighted by atomic mass is 31.2. The number of pyridine rings is 1. The van der Waals surface area contributed by atoms with Crippen LogP contribution in [-0.2, 0) is 13.9 Å². The molecule has 9 heteroatoms. The third kappa shape index (κ3) is 7.97. The lowest BCUT2D eigenvalue weighted by atomic mass is 10.2. The molecule has 8 nitrogen and oxygen atoms in total. The van der Waals surface area contributed by atoms with Crippen LogP contribution >= 0.6 is 7.52 Å². The lowest BCUT2D eigenvalue weighted by Crippen LogP contribution is -2.29. The van der Waals surface area contributed by atoms with Gasteiger partial charge in [0.15, 0.2) is 0 Å². The molecule has 1 aliphatic rings. The maximum atomic E-state index is 13.0. The van der Waals surface area contributed by atoms with Crippen molar-refractivity contribution < 1.29 is 18.7 Å². The number of rotatable bonds is 11. The van der Waals surface area contributed by atoms with Crippen LogP contribution in [0.25, 0.3) is 0 Å². The Hall–Kier alpha value is -1.47. The van der Waals surface area contributed by atoms with E-state index in [9.17, 15) is 9.36 Å². The number of hydrogen-bond donors (Lipinski definition) is 2. The molecule has 152 valence electrons. The van der Waals surface area contributed by atoms with E-state index in [1.54, 1.807) is 29.4 Å². The number of aromatic nitrogens is 1. The predicted molar refractivity (Wildman–Crippen MR) is 106 cm³/mol. The molecule has 1 unspecified atom stereocenters. The number of carbonyl (C=O) groups excluding carboxylic acids is 1. The van der Waals surface area contributed by atoms with Crippen LogP contribution in [0.1, 0.15) is 45.4 Å². The van der Waals surface area contributed by atoms with E-state index in [4.69, 9.17) is 9.36 Å². The number of hydroxylamine groups is 1. The van der Waals surface area contributed by atoms with Gasteiger partial charge >= 0.3 is 6.03 Å². The summed E-state index contributed by atoms with van der Waals surface area (Å²) in [6, 6.07) is 3.26. The van der Waals surface area contributed by atoms with Crippen LogP contribution in [0.4, 0.5) is 10.5 Å². The first-order valence-corrected chi connectivity index (χ1v) is 11.5. The van der Waals surface area contributed by atoms with Crippen molar-refractivity contribution in [2.75, 3.05) is 37.8 Å². The number of amides is 2. The summed E-state index contributed by atoms with van der Waals surface area (Å²) in [6.07, 6.45) is 9.37. The minimum absolute atomic E-state index is 0.218. The minimum atomic E-state index is -2.88. The summed E-state index contributed by atoms with van der Waals surface area (Å²) >= 11 is 0. The van der Waals surface area contributed by atoms with Crippen molar-refractivity contribution in [2.24, 2.45) is 0 Å². The molecule has 1 fully saturated rings. The van der Waals surface area contributed by atoms with Crippen molar-refractivity contribution in [3.8, 4) is 0 Å². The van der Waals surface area contributed by atoms with Crippen LogP contribution in [0.2, 0.25) is 0 Å². The molecule has 0 spiro atoms. The van der Waals surface area contributed by atoms with Gasteiger partial charge in [0.05, 0.1) is 13.2 Å². The lowest BCUT2D eigenvalue weighted by Gasteiger charge is -2.32. The zero-order chi connectivity index (χ0) is 19.4. The van der Waals surface area contributed by atoms with Crippen LogP contribution in [0.15, 0.2) is 24.5 Å². The van der Waals surface area contributed by atoms with E-state index >= 15 is 0 Å². The van der Waals surface area contributed by atoms with E-state index in [1.165, 1.54) is 0 Å². The number of carbonyl (C=O) groups is 1. The van der Waals surface area contributed by atoms with Gasteiger partial charge in [-0.25, -0.2) is 4.79 Å². The van der Waals surface area contributed by atoms with Gasteiger partial charge in [-0.1, -0.05) is 12.8 Å². The summed E-state index contributed by atoms with van der Waals surface area (Å²) in [6.45, 7) is 4.18. The van der Waals surface area contributed by atoms with Gasteiger partial charge in [0.2, 0.25) is 0 Å². The van der Waals surface area contributed by atoms with Gasteiger partial charge in [-0.05, 0) is 44.7 Å². The first-order chi connectivity index (χ1) is 13.1. The normalized spacial score (nSPS) is 17.2. The molecule has 1 aromatic rings. The van der Waals surface area contributed by atoms with E-state index < -0.39 is 7.52 Å². The number of hydrogen-bond acceptors (Lipinski definition) is 5. The zero-order valence-electron chi connectivity index (χ0n) is 16.1. The molecule has 0 aromatic carbocycles. The van der Waals surface area contributed by atoms with E-state index in [0.717, 1.165) is 38.5 Å². The second kappa shape index (κ2) is 12.1. The number of unbranched alkanes of at least 4 members (excludes halogenated alkanes) is 3.